The summed E-state index contributed by atoms with van der Waals surface area (Å²) in [4.78, 5) is 1.06. The first kappa shape index (κ1) is 18.0. The molecule has 0 aliphatic heterocycles. The molecule has 0 unspecified atom stereocenters. The molecule has 0 aliphatic rings. The molecule has 0 spiro atoms. The highest BCUT2D eigenvalue weighted by Crippen LogP contribution is 2.25. The summed E-state index contributed by atoms with van der Waals surface area (Å²) in [5.41, 5.74) is 3.32. The third-order valence-electron chi connectivity index (χ3n) is 3.76. The summed E-state index contributed by atoms with van der Waals surface area (Å²) in [5, 5.41) is 0. The number of aryl methyl sites for hydroxylation is 3. The van der Waals surface area contributed by atoms with Crippen LogP contribution in [0.2, 0.25) is 0 Å². The minimum absolute atomic E-state index is 0.245. The molecule has 1 aromatic carbocycles. The van der Waals surface area contributed by atoms with Gasteiger partial charge in [0.1, 0.15) is 16.6 Å². The molecule has 23 heavy (non-hydrogen) atoms. The average molecular weight is 354 g/mol. The van der Waals surface area contributed by atoms with E-state index < -0.39 is 10.0 Å². The monoisotopic (exact) mass is 353 g/mol. The summed E-state index contributed by atoms with van der Waals surface area (Å²) in [7, 11) is -3.44. The van der Waals surface area contributed by atoms with Crippen molar-refractivity contribution in [2.75, 3.05) is 13.2 Å². The maximum Gasteiger partial charge on any atom is 0.250 e. The zero-order valence-corrected chi connectivity index (χ0v) is 15.6. The summed E-state index contributed by atoms with van der Waals surface area (Å²) in [6, 6.07) is 7.58. The highest BCUT2D eigenvalue weighted by Gasteiger charge is 2.16. The van der Waals surface area contributed by atoms with Gasteiger partial charge in [0, 0.05) is 11.4 Å². The first-order valence-corrected chi connectivity index (χ1v) is 9.93. The van der Waals surface area contributed by atoms with Crippen LogP contribution in [0.15, 0.2) is 28.5 Å². The number of thiophene rings is 1. The van der Waals surface area contributed by atoms with Gasteiger partial charge in [-0.25, -0.2) is 13.1 Å². The summed E-state index contributed by atoms with van der Waals surface area (Å²) in [6.07, 6.45) is 0.842. The van der Waals surface area contributed by atoms with E-state index in [0.29, 0.717) is 10.8 Å². The van der Waals surface area contributed by atoms with Crippen molar-refractivity contribution in [3.63, 3.8) is 0 Å². The van der Waals surface area contributed by atoms with Crippen molar-refractivity contribution < 1.29 is 13.2 Å². The second kappa shape index (κ2) is 7.47. The van der Waals surface area contributed by atoms with E-state index in [1.165, 1.54) is 11.3 Å². The molecule has 1 heterocycles. The number of sulfonamides is 1. The Hall–Kier alpha value is -1.37. The molecule has 0 saturated carbocycles. The summed E-state index contributed by atoms with van der Waals surface area (Å²) < 4.78 is 33.1. The van der Waals surface area contributed by atoms with Gasteiger partial charge in [-0.15, -0.1) is 11.3 Å². The second-order valence-electron chi connectivity index (χ2n) is 5.47. The average Bonchev–Trinajstić information content (AvgIpc) is 3.00. The van der Waals surface area contributed by atoms with Crippen molar-refractivity contribution in [1.82, 2.24) is 4.72 Å². The molecular weight excluding hydrogens is 330 g/mol. The van der Waals surface area contributed by atoms with E-state index in [1.54, 1.807) is 6.07 Å². The number of nitrogens with one attached hydrogen (secondary N) is 1. The Morgan fingerprint density at radius 3 is 2.43 bits per heavy atom. The third kappa shape index (κ3) is 4.34. The molecule has 4 nitrogen and oxygen atoms in total. The van der Waals surface area contributed by atoms with E-state index in [-0.39, 0.29) is 6.54 Å². The topological polar surface area (TPSA) is 55.4 Å². The smallest absolute Gasteiger partial charge is 0.250 e. The van der Waals surface area contributed by atoms with Gasteiger partial charge in [0.25, 0.3) is 0 Å². The Morgan fingerprint density at radius 1 is 1.09 bits per heavy atom. The molecule has 6 heteroatoms. The second-order valence-corrected chi connectivity index (χ2v) is 8.64. The Bertz CT molecular complexity index is 779. The van der Waals surface area contributed by atoms with E-state index in [2.05, 4.69) is 10.8 Å². The molecule has 0 amide bonds. The van der Waals surface area contributed by atoms with E-state index in [9.17, 15) is 8.42 Å². The maximum absolute atomic E-state index is 12.2. The van der Waals surface area contributed by atoms with Crippen molar-refractivity contribution in [3.05, 3.63) is 45.8 Å². The Labute approximate surface area is 142 Å². The van der Waals surface area contributed by atoms with Gasteiger partial charge in [-0.1, -0.05) is 19.1 Å². The number of hydrogen-bond acceptors (Lipinski definition) is 4. The van der Waals surface area contributed by atoms with Crippen LogP contribution in [-0.4, -0.2) is 21.6 Å². The standard InChI is InChI=1S/C17H23NO3S2/c1-5-15-8-9-16(22-15)23(19,20)18-10-11-21-17-13(3)7-6-12(2)14(17)4/h6-9,18H,5,10-11H2,1-4H3. The van der Waals surface area contributed by atoms with Crippen LogP contribution in [0.5, 0.6) is 5.75 Å². The molecule has 0 atom stereocenters. The van der Waals surface area contributed by atoms with Crippen molar-refractivity contribution in [2.24, 2.45) is 0 Å². The fourth-order valence-corrected chi connectivity index (χ4v) is 4.59. The van der Waals surface area contributed by atoms with E-state index in [0.717, 1.165) is 33.7 Å². The molecule has 0 radical (unpaired) electrons. The van der Waals surface area contributed by atoms with Crippen LogP contribution in [0.4, 0.5) is 0 Å². The molecule has 1 N–H and O–H groups in total. The van der Waals surface area contributed by atoms with Crippen molar-refractivity contribution in [1.29, 1.82) is 0 Å². The Morgan fingerprint density at radius 2 is 1.78 bits per heavy atom. The van der Waals surface area contributed by atoms with Gasteiger partial charge in [-0.3, -0.25) is 0 Å². The van der Waals surface area contributed by atoms with E-state index >= 15 is 0 Å². The highest BCUT2D eigenvalue weighted by atomic mass is 32.2. The highest BCUT2D eigenvalue weighted by molar-refractivity contribution is 7.91. The molecule has 0 fully saturated rings. The van der Waals surface area contributed by atoms with Crippen LogP contribution in [0, 0.1) is 20.8 Å². The summed E-state index contributed by atoms with van der Waals surface area (Å²) in [6.45, 7) is 8.59. The molecule has 2 rings (SSSR count). The Balaban J connectivity index is 1.94. The molecule has 1 aromatic heterocycles. The van der Waals surface area contributed by atoms with Crippen LogP contribution in [-0.2, 0) is 16.4 Å². The molecule has 126 valence electrons. The Kier molecular flexibility index (Phi) is 5.84. The SMILES string of the molecule is CCc1ccc(S(=O)(=O)NCCOc2c(C)ccc(C)c2C)s1. The van der Waals surface area contributed by atoms with Gasteiger partial charge in [0.2, 0.25) is 10.0 Å². The number of rotatable bonds is 7. The van der Waals surface area contributed by atoms with Gasteiger partial charge in [-0.2, -0.15) is 0 Å². The molecule has 2 aromatic rings. The van der Waals surface area contributed by atoms with Gasteiger partial charge < -0.3 is 4.74 Å². The van der Waals surface area contributed by atoms with Crippen molar-refractivity contribution in [2.45, 2.75) is 38.3 Å². The van der Waals surface area contributed by atoms with Crippen molar-refractivity contribution >= 4 is 21.4 Å². The minimum atomic E-state index is -3.44. The largest absolute Gasteiger partial charge is 0.492 e. The van der Waals surface area contributed by atoms with Crippen molar-refractivity contribution in [3.8, 4) is 5.75 Å². The summed E-state index contributed by atoms with van der Waals surface area (Å²) in [5.74, 6) is 0.841. The first-order valence-electron chi connectivity index (χ1n) is 7.63. The zero-order chi connectivity index (χ0) is 17.0. The minimum Gasteiger partial charge on any atom is -0.492 e. The fourth-order valence-electron chi connectivity index (χ4n) is 2.24. The van der Waals surface area contributed by atoms with Crippen LogP contribution in [0.25, 0.3) is 0 Å². The predicted molar refractivity (Wildman–Crippen MR) is 95.0 cm³/mol. The van der Waals surface area contributed by atoms with Crippen LogP contribution in [0.1, 0.15) is 28.5 Å². The number of benzene rings is 1. The van der Waals surface area contributed by atoms with Crippen LogP contribution < -0.4 is 9.46 Å². The fraction of sp³-hybridized carbons (Fsp3) is 0.412. The predicted octanol–water partition coefficient (Wildman–Crippen LogP) is 3.59. The molecular formula is C17H23NO3S2. The van der Waals surface area contributed by atoms with E-state index in [1.807, 2.05) is 39.8 Å². The van der Waals surface area contributed by atoms with Crippen LogP contribution >= 0.6 is 11.3 Å². The lowest BCUT2D eigenvalue weighted by Gasteiger charge is -2.14. The maximum atomic E-state index is 12.2. The van der Waals surface area contributed by atoms with Crippen LogP contribution in [0.3, 0.4) is 0 Å². The normalized spacial score (nSPS) is 11.7. The van der Waals surface area contributed by atoms with E-state index in [4.69, 9.17) is 4.74 Å². The van der Waals surface area contributed by atoms with Gasteiger partial charge in [-0.05, 0) is 56.0 Å². The molecule has 0 bridgehead atoms. The van der Waals surface area contributed by atoms with Gasteiger partial charge in [0.05, 0.1) is 0 Å². The number of ether oxygens (including phenoxy) is 1. The zero-order valence-electron chi connectivity index (χ0n) is 14.0. The molecule has 0 saturated heterocycles. The number of hydrogen-bond donors (Lipinski definition) is 1. The van der Waals surface area contributed by atoms with Gasteiger partial charge in [0.15, 0.2) is 0 Å². The lowest BCUT2D eigenvalue weighted by molar-refractivity contribution is 0.318. The van der Waals surface area contributed by atoms with Gasteiger partial charge >= 0.3 is 0 Å². The lowest BCUT2D eigenvalue weighted by Crippen LogP contribution is -2.27. The molecule has 0 aliphatic carbocycles. The lowest BCUT2D eigenvalue weighted by atomic mass is 10.1. The third-order valence-corrected chi connectivity index (χ3v) is 6.95. The quantitative estimate of drug-likeness (QED) is 0.774. The summed E-state index contributed by atoms with van der Waals surface area (Å²) >= 11 is 1.31. The first-order chi connectivity index (χ1) is 10.8.